The number of nitrogens with zero attached hydrogens (tertiary/aromatic N) is 1. The Labute approximate surface area is 77.3 Å². The Morgan fingerprint density at radius 2 is 2.08 bits per heavy atom. The summed E-state index contributed by atoms with van der Waals surface area (Å²) in [4.78, 5) is 3.50. The first-order chi connectivity index (χ1) is 6.01. The topological polar surface area (TPSA) is 22.1 Å². The highest BCUT2D eigenvalue weighted by Gasteiger charge is 2.31. The first kappa shape index (κ1) is 10.1. The third-order valence-corrected chi connectivity index (χ3v) is 1.41. The van der Waals surface area contributed by atoms with Crippen molar-refractivity contribution < 1.29 is 17.9 Å². The number of hydrogen-bond acceptors (Lipinski definition) is 2. The van der Waals surface area contributed by atoms with Crippen LogP contribution in [0.5, 0.6) is 5.88 Å². The van der Waals surface area contributed by atoms with Gasteiger partial charge in [-0.15, -0.1) is 24.8 Å². The number of alkyl halides is 4. The number of pyridine rings is 1. The third kappa shape index (κ3) is 3.50. The molecule has 0 spiro atoms. The number of hydrogen-bond donors (Lipinski definition) is 0. The lowest BCUT2D eigenvalue weighted by Gasteiger charge is -2.07. The van der Waals surface area contributed by atoms with Gasteiger partial charge in [0.1, 0.15) is 0 Å². The van der Waals surface area contributed by atoms with Crippen molar-refractivity contribution in [3.63, 3.8) is 0 Å². The minimum atomic E-state index is -4.71. The van der Waals surface area contributed by atoms with Crippen molar-refractivity contribution in [3.05, 3.63) is 23.9 Å². The van der Waals surface area contributed by atoms with Gasteiger partial charge in [0, 0.05) is 6.07 Å². The van der Waals surface area contributed by atoms with Crippen molar-refractivity contribution in [1.82, 2.24) is 4.98 Å². The molecule has 13 heavy (non-hydrogen) atoms. The molecule has 0 radical (unpaired) electrons. The molecule has 0 N–H and O–H groups in total. The van der Waals surface area contributed by atoms with Crippen molar-refractivity contribution in [2.75, 3.05) is 0 Å². The first-order valence-corrected chi connectivity index (χ1v) is 3.82. The zero-order valence-corrected chi connectivity index (χ0v) is 7.06. The van der Waals surface area contributed by atoms with E-state index in [-0.39, 0.29) is 5.88 Å². The maximum atomic E-state index is 11.7. The van der Waals surface area contributed by atoms with Crippen LogP contribution in [0.25, 0.3) is 0 Å². The van der Waals surface area contributed by atoms with E-state index in [1.807, 2.05) is 0 Å². The summed E-state index contributed by atoms with van der Waals surface area (Å²) in [5.74, 6) is -0.444. The second-order valence-corrected chi connectivity index (χ2v) is 2.42. The molecule has 1 rings (SSSR count). The Morgan fingerprint density at radius 1 is 1.38 bits per heavy atom. The zero-order chi connectivity index (χ0) is 9.90. The minimum Gasteiger partial charge on any atom is -0.388 e. The van der Waals surface area contributed by atoms with E-state index in [2.05, 4.69) is 9.72 Å². The van der Waals surface area contributed by atoms with Crippen molar-refractivity contribution in [1.29, 1.82) is 0 Å². The van der Waals surface area contributed by atoms with Crippen LogP contribution in [0.2, 0.25) is 0 Å². The van der Waals surface area contributed by atoms with Gasteiger partial charge in [-0.25, -0.2) is 4.98 Å². The van der Waals surface area contributed by atoms with Gasteiger partial charge in [-0.3, -0.25) is 0 Å². The standard InChI is InChI=1S/C7H5ClF3NO/c8-4-5-2-1-3-6(12-5)13-7(9,10)11/h1-3H,4H2. The van der Waals surface area contributed by atoms with Crippen molar-refractivity contribution >= 4 is 11.6 Å². The lowest BCUT2D eigenvalue weighted by atomic mass is 10.4. The summed E-state index contributed by atoms with van der Waals surface area (Å²) in [5.41, 5.74) is 0.336. The maximum absolute atomic E-state index is 11.7. The molecule has 0 saturated heterocycles. The predicted molar refractivity (Wildman–Crippen MR) is 40.5 cm³/mol. The van der Waals surface area contributed by atoms with E-state index in [1.165, 1.54) is 12.1 Å². The van der Waals surface area contributed by atoms with Crippen molar-refractivity contribution in [2.45, 2.75) is 12.2 Å². The molecule has 0 atom stereocenters. The Morgan fingerprint density at radius 3 is 2.62 bits per heavy atom. The highest BCUT2D eigenvalue weighted by molar-refractivity contribution is 6.16. The third-order valence-electron chi connectivity index (χ3n) is 1.14. The van der Waals surface area contributed by atoms with E-state index in [0.29, 0.717) is 5.69 Å². The van der Waals surface area contributed by atoms with Crippen LogP contribution in [0, 0.1) is 0 Å². The summed E-state index contributed by atoms with van der Waals surface area (Å²) >= 11 is 5.37. The van der Waals surface area contributed by atoms with Gasteiger partial charge < -0.3 is 4.74 Å². The van der Waals surface area contributed by atoms with Crippen molar-refractivity contribution in [2.24, 2.45) is 0 Å². The van der Waals surface area contributed by atoms with E-state index in [4.69, 9.17) is 11.6 Å². The minimum absolute atomic E-state index is 0.0507. The van der Waals surface area contributed by atoms with E-state index in [1.54, 1.807) is 0 Å². The van der Waals surface area contributed by atoms with E-state index < -0.39 is 12.2 Å². The normalized spacial score (nSPS) is 11.4. The molecule has 0 aliphatic heterocycles. The summed E-state index contributed by atoms with van der Waals surface area (Å²) < 4.78 is 38.6. The van der Waals surface area contributed by atoms with Crippen LogP contribution in [0.15, 0.2) is 18.2 Å². The lowest BCUT2D eigenvalue weighted by molar-refractivity contribution is -0.276. The summed E-state index contributed by atoms with van der Waals surface area (Å²) in [6.07, 6.45) is -4.71. The molecule has 6 heteroatoms. The van der Waals surface area contributed by atoms with Gasteiger partial charge in [0.05, 0.1) is 11.6 Å². The number of ether oxygens (including phenoxy) is 1. The molecule has 0 bridgehead atoms. The van der Waals surface area contributed by atoms with Gasteiger partial charge >= 0.3 is 6.36 Å². The van der Waals surface area contributed by atoms with Crippen LogP contribution in [-0.2, 0) is 5.88 Å². The second kappa shape index (κ2) is 3.83. The Bertz CT molecular complexity index is 289. The molecule has 1 heterocycles. The van der Waals surface area contributed by atoms with Crippen LogP contribution in [0.4, 0.5) is 13.2 Å². The summed E-state index contributed by atoms with van der Waals surface area (Å²) in [7, 11) is 0. The highest BCUT2D eigenvalue weighted by Crippen LogP contribution is 2.20. The molecular formula is C7H5ClF3NO. The molecule has 0 aromatic carbocycles. The fourth-order valence-corrected chi connectivity index (χ4v) is 0.856. The molecule has 0 aliphatic carbocycles. The Hall–Kier alpha value is -0.970. The van der Waals surface area contributed by atoms with Gasteiger partial charge in [0.2, 0.25) is 5.88 Å². The highest BCUT2D eigenvalue weighted by atomic mass is 35.5. The second-order valence-electron chi connectivity index (χ2n) is 2.15. The molecule has 0 aliphatic rings. The van der Waals surface area contributed by atoms with Gasteiger partial charge in [-0.2, -0.15) is 0 Å². The van der Waals surface area contributed by atoms with Crippen LogP contribution >= 0.6 is 11.6 Å². The number of aromatic nitrogens is 1. The summed E-state index contributed by atoms with van der Waals surface area (Å²) in [6, 6.07) is 4.02. The van der Waals surface area contributed by atoms with Crippen LogP contribution in [-0.4, -0.2) is 11.3 Å². The molecule has 0 amide bonds. The molecule has 1 aromatic heterocycles. The quantitative estimate of drug-likeness (QED) is 0.702. The van der Waals surface area contributed by atoms with Gasteiger partial charge in [-0.05, 0) is 6.07 Å². The largest absolute Gasteiger partial charge is 0.574 e. The fourth-order valence-electron chi connectivity index (χ4n) is 0.707. The Kier molecular flexibility index (Phi) is 2.98. The average molecular weight is 212 g/mol. The molecule has 1 aromatic rings. The monoisotopic (exact) mass is 211 g/mol. The van der Waals surface area contributed by atoms with Gasteiger partial charge in [0.15, 0.2) is 0 Å². The molecule has 0 unspecified atom stereocenters. The van der Waals surface area contributed by atoms with E-state index in [9.17, 15) is 13.2 Å². The Balaban J connectivity index is 2.78. The van der Waals surface area contributed by atoms with Crippen molar-refractivity contribution in [3.8, 4) is 5.88 Å². The van der Waals surface area contributed by atoms with Gasteiger partial charge in [-0.1, -0.05) is 6.07 Å². The molecule has 2 nitrogen and oxygen atoms in total. The first-order valence-electron chi connectivity index (χ1n) is 3.29. The van der Waals surface area contributed by atoms with E-state index >= 15 is 0 Å². The summed E-state index contributed by atoms with van der Waals surface area (Å²) in [5, 5.41) is 0. The fraction of sp³-hybridized carbons (Fsp3) is 0.286. The van der Waals surface area contributed by atoms with Crippen LogP contribution in [0.3, 0.4) is 0 Å². The van der Waals surface area contributed by atoms with E-state index in [0.717, 1.165) is 6.07 Å². The van der Waals surface area contributed by atoms with Gasteiger partial charge in [0.25, 0.3) is 0 Å². The predicted octanol–water partition coefficient (Wildman–Crippen LogP) is 2.72. The lowest BCUT2D eigenvalue weighted by Crippen LogP contribution is -2.18. The van der Waals surface area contributed by atoms with Crippen LogP contribution in [0.1, 0.15) is 5.69 Å². The SMILES string of the molecule is FC(F)(F)Oc1cccc(CCl)n1. The summed E-state index contributed by atoms with van der Waals surface area (Å²) in [6.45, 7) is 0. The molecule has 72 valence electrons. The number of halogens is 4. The molecular weight excluding hydrogens is 207 g/mol. The maximum Gasteiger partial charge on any atom is 0.574 e. The number of rotatable bonds is 2. The smallest absolute Gasteiger partial charge is 0.388 e. The average Bonchev–Trinajstić information content (AvgIpc) is 2.01. The molecule has 0 saturated carbocycles. The zero-order valence-electron chi connectivity index (χ0n) is 6.31. The van der Waals surface area contributed by atoms with Crippen LogP contribution < -0.4 is 4.74 Å². The molecule has 0 fully saturated rings.